The van der Waals surface area contributed by atoms with Crippen molar-refractivity contribution in [3.63, 3.8) is 0 Å². The Labute approximate surface area is 109 Å². The van der Waals surface area contributed by atoms with E-state index in [1.165, 1.54) is 6.07 Å². The Morgan fingerprint density at radius 1 is 1.47 bits per heavy atom. The maximum atomic E-state index is 11.8. The predicted octanol–water partition coefficient (Wildman–Crippen LogP) is 0.394. The molecule has 19 heavy (non-hydrogen) atoms. The lowest BCUT2D eigenvalue weighted by Crippen LogP contribution is -2.35. The van der Waals surface area contributed by atoms with Gasteiger partial charge < -0.3 is 19.6 Å². The molecule has 0 amide bonds. The lowest BCUT2D eigenvalue weighted by molar-refractivity contribution is 0.0734. The zero-order valence-corrected chi connectivity index (χ0v) is 10.5. The van der Waals surface area contributed by atoms with Crippen LogP contribution in [0, 0.1) is 6.92 Å². The molecule has 3 heterocycles. The highest BCUT2D eigenvalue weighted by molar-refractivity contribution is 5.50. The third kappa shape index (κ3) is 2.42. The summed E-state index contributed by atoms with van der Waals surface area (Å²) < 4.78 is 10.5. The van der Waals surface area contributed by atoms with Gasteiger partial charge in [-0.25, -0.2) is 0 Å². The van der Waals surface area contributed by atoms with Gasteiger partial charge in [0.1, 0.15) is 5.56 Å². The molecular weight excluding hydrogens is 248 g/mol. The van der Waals surface area contributed by atoms with E-state index in [2.05, 4.69) is 20.4 Å². The van der Waals surface area contributed by atoms with Gasteiger partial charge in [0.05, 0.1) is 19.3 Å². The first kappa shape index (κ1) is 12.1. The molecule has 0 bridgehead atoms. The molecule has 3 rings (SSSR count). The van der Waals surface area contributed by atoms with E-state index in [1.54, 1.807) is 6.20 Å². The summed E-state index contributed by atoms with van der Waals surface area (Å²) in [7, 11) is 0. The summed E-state index contributed by atoms with van der Waals surface area (Å²) in [6.07, 6.45) is 1.58. The van der Waals surface area contributed by atoms with Gasteiger partial charge in [0.15, 0.2) is 11.3 Å². The smallest absolute Gasteiger partial charge is 0.263 e. The molecule has 1 aliphatic rings. The van der Waals surface area contributed by atoms with Crippen LogP contribution < -0.4 is 10.7 Å². The lowest BCUT2D eigenvalue weighted by Gasteiger charge is -2.20. The normalized spacial score (nSPS) is 19.5. The SMILES string of the molecule is Cc1cc(=O)c(-c2nc(C3COCCN3)no2)c[nH]1. The molecule has 0 radical (unpaired) electrons. The molecular formula is C12H14N4O3. The fraction of sp³-hybridized carbons (Fsp3) is 0.417. The molecule has 2 aromatic heterocycles. The van der Waals surface area contributed by atoms with E-state index in [1.807, 2.05) is 6.92 Å². The zero-order valence-electron chi connectivity index (χ0n) is 10.5. The Kier molecular flexibility index (Phi) is 3.14. The Morgan fingerprint density at radius 3 is 3.11 bits per heavy atom. The van der Waals surface area contributed by atoms with Gasteiger partial charge in [-0.15, -0.1) is 0 Å². The minimum Gasteiger partial charge on any atom is -0.378 e. The molecule has 1 unspecified atom stereocenters. The van der Waals surface area contributed by atoms with Crippen LogP contribution in [0.3, 0.4) is 0 Å². The number of pyridine rings is 1. The highest BCUT2D eigenvalue weighted by Gasteiger charge is 2.22. The van der Waals surface area contributed by atoms with Gasteiger partial charge in [0.2, 0.25) is 0 Å². The minimum atomic E-state index is -0.140. The summed E-state index contributed by atoms with van der Waals surface area (Å²) in [5.74, 6) is 0.735. The first-order valence-corrected chi connectivity index (χ1v) is 6.08. The molecule has 1 saturated heterocycles. The first-order chi connectivity index (χ1) is 9.24. The molecule has 2 N–H and O–H groups in total. The highest BCUT2D eigenvalue weighted by Crippen LogP contribution is 2.17. The molecule has 100 valence electrons. The van der Waals surface area contributed by atoms with Gasteiger partial charge >= 0.3 is 0 Å². The molecule has 1 atom stereocenters. The van der Waals surface area contributed by atoms with Crippen LogP contribution in [0.5, 0.6) is 0 Å². The van der Waals surface area contributed by atoms with Crippen molar-refractivity contribution in [2.75, 3.05) is 19.8 Å². The van der Waals surface area contributed by atoms with E-state index in [9.17, 15) is 4.79 Å². The van der Waals surface area contributed by atoms with Crippen molar-refractivity contribution < 1.29 is 9.26 Å². The third-order valence-corrected chi connectivity index (χ3v) is 2.96. The van der Waals surface area contributed by atoms with Crippen molar-refractivity contribution in [1.29, 1.82) is 0 Å². The number of hydrogen-bond donors (Lipinski definition) is 2. The average molecular weight is 262 g/mol. The van der Waals surface area contributed by atoms with Crippen molar-refractivity contribution in [3.8, 4) is 11.5 Å². The van der Waals surface area contributed by atoms with Crippen LogP contribution in [0.25, 0.3) is 11.5 Å². The monoisotopic (exact) mass is 262 g/mol. The summed E-state index contributed by atoms with van der Waals surface area (Å²) in [5, 5.41) is 7.13. The first-order valence-electron chi connectivity index (χ1n) is 6.08. The Morgan fingerprint density at radius 2 is 2.37 bits per heavy atom. The molecule has 0 spiro atoms. The summed E-state index contributed by atoms with van der Waals surface area (Å²) in [4.78, 5) is 19.1. The molecule has 1 aliphatic heterocycles. The van der Waals surface area contributed by atoms with Gasteiger partial charge in [-0.2, -0.15) is 4.98 Å². The van der Waals surface area contributed by atoms with E-state index in [4.69, 9.17) is 9.26 Å². The van der Waals surface area contributed by atoms with Crippen LogP contribution in [-0.2, 0) is 4.74 Å². The number of nitrogens with one attached hydrogen (secondary N) is 2. The van der Waals surface area contributed by atoms with E-state index in [0.717, 1.165) is 12.2 Å². The molecule has 0 aliphatic carbocycles. The Balaban J connectivity index is 1.90. The number of aromatic nitrogens is 3. The summed E-state index contributed by atoms with van der Waals surface area (Å²) in [6, 6.07) is 1.41. The van der Waals surface area contributed by atoms with Crippen LogP contribution in [0.2, 0.25) is 0 Å². The lowest BCUT2D eigenvalue weighted by atomic mass is 10.2. The third-order valence-electron chi connectivity index (χ3n) is 2.96. The van der Waals surface area contributed by atoms with E-state index in [-0.39, 0.29) is 17.4 Å². The second-order valence-corrected chi connectivity index (χ2v) is 4.43. The number of hydrogen-bond acceptors (Lipinski definition) is 6. The van der Waals surface area contributed by atoms with Gasteiger partial charge in [0, 0.05) is 24.5 Å². The van der Waals surface area contributed by atoms with Gasteiger partial charge in [-0.3, -0.25) is 4.79 Å². The molecule has 7 heteroatoms. The fourth-order valence-corrected chi connectivity index (χ4v) is 1.96. The second kappa shape index (κ2) is 4.94. The maximum Gasteiger partial charge on any atom is 0.263 e. The molecule has 0 aromatic carbocycles. The predicted molar refractivity (Wildman–Crippen MR) is 66.7 cm³/mol. The maximum absolute atomic E-state index is 11.8. The van der Waals surface area contributed by atoms with E-state index < -0.39 is 0 Å². The summed E-state index contributed by atoms with van der Waals surface area (Å²) >= 11 is 0. The molecule has 2 aromatic rings. The largest absolute Gasteiger partial charge is 0.378 e. The molecule has 1 fully saturated rings. The van der Waals surface area contributed by atoms with Gasteiger partial charge in [0.25, 0.3) is 5.89 Å². The standard InChI is InChI=1S/C12H14N4O3/c1-7-4-10(17)8(5-14-7)12-15-11(16-19-12)9-6-18-3-2-13-9/h4-5,9,13H,2-3,6H2,1H3,(H,14,17). The van der Waals surface area contributed by atoms with Crippen molar-refractivity contribution in [1.82, 2.24) is 20.4 Å². The van der Waals surface area contributed by atoms with E-state index >= 15 is 0 Å². The number of nitrogens with zero attached hydrogens (tertiary/aromatic N) is 2. The van der Waals surface area contributed by atoms with Crippen molar-refractivity contribution in [2.24, 2.45) is 0 Å². The Bertz CT molecular complexity index is 628. The Hall–Kier alpha value is -1.99. The van der Waals surface area contributed by atoms with Crippen molar-refractivity contribution in [2.45, 2.75) is 13.0 Å². The second-order valence-electron chi connectivity index (χ2n) is 4.43. The number of morpholine rings is 1. The van der Waals surface area contributed by atoms with Crippen LogP contribution in [-0.4, -0.2) is 34.9 Å². The fourth-order valence-electron chi connectivity index (χ4n) is 1.96. The molecule has 0 saturated carbocycles. The summed E-state index contributed by atoms with van der Waals surface area (Å²) in [6.45, 7) is 3.75. The number of ether oxygens (including phenoxy) is 1. The van der Waals surface area contributed by atoms with Crippen LogP contribution in [0.4, 0.5) is 0 Å². The number of rotatable bonds is 2. The van der Waals surface area contributed by atoms with Crippen LogP contribution in [0.15, 0.2) is 21.6 Å². The number of aryl methyl sites for hydroxylation is 1. The topological polar surface area (TPSA) is 93.0 Å². The zero-order chi connectivity index (χ0) is 13.2. The average Bonchev–Trinajstić information content (AvgIpc) is 2.89. The van der Waals surface area contributed by atoms with Gasteiger partial charge in [-0.1, -0.05) is 5.16 Å². The number of aromatic amines is 1. The quantitative estimate of drug-likeness (QED) is 0.813. The van der Waals surface area contributed by atoms with E-state index in [0.29, 0.717) is 24.6 Å². The van der Waals surface area contributed by atoms with Crippen molar-refractivity contribution in [3.05, 3.63) is 34.0 Å². The minimum absolute atomic E-state index is 0.0872. The van der Waals surface area contributed by atoms with Crippen LogP contribution >= 0.6 is 0 Å². The highest BCUT2D eigenvalue weighted by atomic mass is 16.5. The van der Waals surface area contributed by atoms with Gasteiger partial charge in [-0.05, 0) is 6.92 Å². The summed E-state index contributed by atoms with van der Waals surface area (Å²) in [5.41, 5.74) is 1.02. The van der Waals surface area contributed by atoms with Crippen molar-refractivity contribution >= 4 is 0 Å². The number of H-pyrrole nitrogens is 1. The van der Waals surface area contributed by atoms with Crippen LogP contribution in [0.1, 0.15) is 17.6 Å². The molecule has 7 nitrogen and oxygen atoms in total.